The van der Waals surface area contributed by atoms with Gasteiger partial charge in [-0.15, -0.1) is 0 Å². The predicted molar refractivity (Wildman–Crippen MR) is 87.1 cm³/mol. The van der Waals surface area contributed by atoms with Crippen LogP contribution in [0.25, 0.3) is 0 Å². The maximum atomic E-state index is 13.1. The Kier molecular flexibility index (Phi) is 3.55. The Morgan fingerprint density at radius 1 is 1.12 bits per heavy atom. The number of nitrogens with zero attached hydrogens (tertiary/aromatic N) is 2. The van der Waals surface area contributed by atoms with Crippen LogP contribution in [0.5, 0.6) is 0 Å². The lowest BCUT2D eigenvalue weighted by Gasteiger charge is -2.33. The minimum atomic E-state index is -0.989. The molecule has 0 bridgehead atoms. The summed E-state index contributed by atoms with van der Waals surface area (Å²) in [7, 11) is 0. The number of hydrogen-bond acceptors (Lipinski definition) is 3. The molecule has 2 fully saturated rings. The normalized spacial score (nSPS) is 26.0. The van der Waals surface area contributed by atoms with Crippen LogP contribution >= 0.6 is 0 Å². The molecule has 24 heavy (non-hydrogen) atoms. The maximum absolute atomic E-state index is 13.1. The summed E-state index contributed by atoms with van der Waals surface area (Å²) >= 11 is 0. The Morgan fingerprint density at radius 3 is 2.67 bits per heavy atom. The first-order chi connectivity index (χ1) is 11.6. The summed E-state index contributed by atoms with van der Waals surface area (Å²) in [4.78, 5) is 40.7. The van der Waals surface area contributed by atoms with Gasteiger partial charge in [-0.1, -0.05) is 24.3 Å². The number of carbonyl (C=O) groups excluding carboxylic acids is 3. The molecule has 126 valence electrons. The van der Waals surface area contributed by atoms with Gasteiger partial charge in [0.15, 0.2) is 0 Å². The molecule has 2 heterocycles. The zero-order valence-electron chi connectivity index (χ0n) is 13.6. The van der Waals surface area contributed by atoms with Crippen molar-refractivity contribution in [1.29, 1.82) is 0 Å². The third-order valence-corrected chi connectivity index (χ3v) is 5.40. The van der Waals surface area contributed by atoms with Crippen molar-refractivity contribution < 1.29 is 14.4 Å². The molecule has 4 rings (SSSR count). The van der Waals surface area contributed by atoms with E-state index in [9.17, 15) is 14.4 Å². The van der Waals surface area contributed by atoms with E-state index in [-0.39, 0.29) is 18.4 Å². The van der Waals surface area contributed by atoms with Crippen molar-refractivity contribution >= 4 is 17.8 Å². The fraction of sp³-hybridized carbons (Fsp3) is 0.500. The lowest BCUT2D eigenvalue weighted by molar-refractivity contribution is -0.139. The van der Waals surface area contributed by atoms with E-state index in [1.54, 1.807) is 4.90 Å². The number of aryl methyl sites for hydroxylation is 1. The quantitative estimate of drug-likeness (QED) is 0.835. The summed E-state index contributed by atoms with van der Waals surface area (Å²) in [6.07, 6.45) is 4.32. The second kappa shape index (κ2) is 5.61. The minimum absolute atomic E-state index is 0.142. The Labute approximate surface area is 140 Å². The zero-order chi connectivity index (χ0) is 16.7. The largest absolute Gasteiger partial charge is 0.341 e. The fourth-order valence-corrected chi connectivity index (χ4v) is 4.16. The number of imide groups is 1. The van der Waals surface area contributed by atoms with Crippen LogP contribution in [0.4, 0.5) is 4.79 Å². The first-order valence-electron chi connectivity index (χ1n) is 8.62. The number of hydrogen-bond donors (Lipinski definition) is 1. The maximum Gasteiger partial charge on any atom is 0.325 e. The second-order valence-electron chi connectivity index (χ2n) is 6.83. The molecule has 1 unspecified atom stereocenters. The molecule has 0 aromatic heterocycles. The molecule has 4 amide bonds. The molecule has 1 spiro atoms. The average Bonchev–Trinajstić information content (AvgIpc) is 3.20. The summed E-state index contributed by atoms with van der Waals surface area (Å²) < 4.78 is 0. The molecule has 1 N–H and O–H groups in total. The van der Waals surface area contributed by atoms with Crippen molar-refractivity contribution in [3.63, 3.8) is 0 Å². The topological polar surface area (TPSA) is 69.7 Å². The van der Waals surface area contributed by atoms with Gasteiger partial charge >= 0.3 is 6.03 Å². The van der Waals surface area contributed by atoms with E-state index in [4.69, 9.17) is 0 Å². The van der Waals surface area contributed by atoms with Crippen molar-refractivity contribution in [2.75, 3.05) is 19.6 Å². The Bertz CT molecular complexity index is 711. The van der Waals surface area contributed by atoms with E-state index in [0.29, 0.717) is 6.42 Å². The first kappa shape index (κ1) is 15.2. The minimum Gasteiger partial charge on any atom is -0.341 e. The summed E-state index contributed by atoms with van der Waals surface area (Å²) in [6.45, 7) is 1.28. The number of nitrogens with one attached hydrogen (secondary N) is 1. The van der Waals surface area contributed by atoms with Gasteiger partial charge in [0.05, 0.1) is 0 Å². The predicted octanol–water partition coefficient (Wildman–Crippen LogP) is 1.39. The summed E-state index contributed by atoms with van der Waals surface area (Å²) in [5.41, 5.74) is 0.993. The lowest BCUT2D eigenvalue weighted by Crippen LogP contribution is -2.47. The Balaban J connectivity index is 1.61. The van der Waals surface area contributed by atoms with Gasteiger partial charge in [-0.2, -0.15) is 0 Å². The van der Waals surface area contributed by atoms with E-state index in [0.717, 1.165) is 54.8 Å². The van der Waals surface area contributed by atoms with Crippen molar-refractivity contribution in [2.45, 2.75) is 37.6 Å². The molecule has 1 aliphatic carbocycles. The summed E-state index contributed by atoms with van der Waals surface area (Å²) in [6, 6.07) is 7.31. The van der Waals surface area contributed by atoms with Crippen LogP contribution in [0, 0.1) is 0 Å². The highest BCUT2D eigenvalue weighted by Crippen LogP contribution is 2.39. The molecule has 0 radical (unpaired) electrons. The molecule has 1 aromatic rings. The van der Waals surface area contributed by atoms with Crippen LogP contribution in [-0.2, 0) is 21.5 Å². The summed E-state index contributed by atoms with van der Waals surface area (Å²) in [5.74, 6) is -0.427. The fourth-order valence-electron chi connectivity index (χ4n) is 4.16. The Morgan fingerprint density at radius 2 is 1.88 bits per heavy atom. The molecule has 6 nitrogen and oxygen atoms in total. The molecule has 1 aromatic carbocycles. The van der Waals surface area contributed by atoms with E-state index >= 15 is 0 Å². The third kappa shape index (κ3) is 2.20. The zero-order valence-corrected chi connectivity index (χ0v) is 13.6. The number of carbonyl (C=O) groups is 3. The van der Waals surface area contributed by atoms with Crippen molar-refractivity contribution in [3.8, 4) is 0 Å². The van der Waals surface area contributed by atoms with Gasteiger partial charge < -0.3 is 10.2 Å². The molecular formula is C18H21N3O3. The van der Waals surface area contributed by atoms with Crippen LogP contribution in [0.3, 0.4) is 0 Å². The van der Waals surface area contributed by atoms with Gasteiger partial charge in [-0.25, -0.2) is 4.79 Å². The van der Waals surface area contributed by atoms with Crippen molar-refractivity contribution in [3.05, 3.63) is 35.4 Å². The lowest BCUT2D eigenvalue weighted by atomic mass is 9.76. The monoisotopic (exact) mass is 327 g/mol. The first-order valence-corrected chi connectivity index (χ1v) is 8.62. The van der Waals surface area contributed by atoms with Gasteiger partial charge in [0.1, 0.15) is 12.1 Å². The van der Waals surface area contributed by atoms with Crippen LogP contribution in [0.1, 0.15) is 36.8 Å². The van der Waals surface area contributed by atoms with Gasteiger partial charge in [-0.3, -0.25) is 14.5 Å². The number of rotatable bonds is 2. The molecule has 2 aliphatic heterocycles. The van der Waals surface area contributed by atoms with E-state index in [2.05, 4.69) is 5.32 Å². The molecule has 2 saturated heterocycles. The van der Waals surface area contributed by atoms with Crippen LogP contribution in [0.2, 0.25) is 0 Å². The molecule has 6 heteroatoms. The third-order valence-electron chi connectivity index (χ3n) is 5.40. The molecule has 3 aliphatic rings. The molecule has 0 saturated carbocycles. The number of benzene rings is 1. The van der Waals surface area contributed by atoms with Crippen molar-refractivity contribution in [2.24, 2.45) is 0 Å². The highest BCUT2D eigenvalue weighted by atomic mass is 16.2. The SMILES string of the molecule is O=C(CN1C(=O)NC2(CCCc3ccccc32)C1=O)N1CCCC1. The smallest absolute Gasteiger partial charge is 0.325 e. The van der Waals surface area contributed by atoms with E-state index < -0.39 is 11.6 Å². The number of likely N-dealkylation sites (tertiary alicyclic amines) is 1. The molecule has 1 atom stereocenters. The van der Waals surface area contributed by atoms with Gasteiger partial charge in [-0.05, 0) is 43.2 Å². The number of urea groups is 1. The van der Waals surface area contributed by atoms with Crippen molar-refractivity contribution in [1.82, 2.24) is 15.1 Å². The summed E-state index contributed by atoms with van der Waals surface area (Å²) in [5, 5.41) is 2.89. The van der Waals surface area contributed by atoms with Gasteiger partial charge in [0.2, 0.25) is 5.91 Å². The number of fused-ring (bicyclic) bond motifs is 2. The van der Waals surface area contributed by atoms with Crippen LogP contribution < -0.4 is 5.32 Å². The van der Waals surface area contributed by atoms with Gasteiger partial charge in [0, 0.05) is 13.1 Å². The average molecular weight is 327 g/mol. The second-order valence-corrected chi connectivity index (χ2v) is 6.83. The van der Waals surface area contributed by atoms with E-state index in [1.807, 2.05) is 24.3 Å². The molecular weight excluding hydrogens is 306 g/mol. The standard InChI is InChI=1S/C18H21N3O3/c22-15(20-10-3-4-11-20)12-21-16(23)18(19-17(21)24)9-5-7-13-6-1-2-8-14(13)18/h1-2,6,8H,3-5,7,9-12H2,(H,19,24). The van der Waals surface area contributed by atoms with Gasteiger partial charge in [0.25, 0.3) is 5.91 Å². The highest BCUT2D eigenvalue weighted by molar-refractivity contribution is 6.09. The van der Waals surface area contributed by atoms with Crippen LogP contribution in [0.15, 0.2) is 24.3 Å². The van der Waals surface area contributed by atoms with E-state index in [1.165, 1.54) is 0 Å². The van der Waals surface area contributed by atoms with Crippen LogP contribution in [-0.4, -0.2) is 47.3 Å². The highest BCUT2D eigenvalue weighted by Gasteiger charge is 2.54. The number of amides is 4. The Hall–Kier alpha value is -2.37.